The number of aromatic nitrogens is 1. The third kappa shape index (κ3) is 4.89. The SMILES string of the molecule is Cc1cc(NC(=O)NCC(Cc2ccccc2)N(C)C)no1. The third-order valence-corrected chi connectivity index (χ3v) is 3.41. The first-order valence-electron chi connectivity index (χ1n) is 7.23. The molecule has 118 valence electrons. The zero-order chi connectivity index (χ0) is 15.9. The van der Waals surface area contributed by atoms with Crippen molar-refractivity contribution in [2.75, 3.05) is 26.0 Å². The minimum Gasteiger partial charge on any atom is -0.360 e. The number of carbonyl (C=O) groups excluding carboxylic acids is 1. The van der Waals surface area contributed by atoms with Crippen molar-refractivity contribution in [3.05, 3.63) is 47.7 Å². The van der Waals surface area contributed by atoms with E-state index in [2.05, 4.69) is 32.8 Å². The van der Waals surface area contributed by atoms with Gasteiger partial charge in [0.25, 0.3) is 0 Å². The van der Waals surface area contributed by atoms with Gasteiger partial charge in [0.05, 0.1) is 0 Å². The molecule has 2 N–H and O–H groups in total. The predicted octanol–water partition coefficient (Wildman–Crippen LogP) is 2.28. The number of aryl methyl sites for hydroxylation is 1. The summed E-state index contributed by atoms with van der Waals surface area (Å²) in [7, 11) is 4.02. The van der Waals surface area contributed by atoms with E-state index in [0.717, 1.165) is 6.42 Å². The predicted molar refractivity (Wildman–Crippen MR) is 85.9 cm³/mol. The van der Waals surface area contributed by atoms with Gasteiger partial charge in [-0.2, -0.15) is 0 Å². The van der Waals surface area contributed by atoms with Crippen LogP contribution in [0.4, 0.5) is 10.6 Å². The van der Waals surface area contributed by atoms with E-state index in [4.69, 9.17) is 4.52 Å². The summed E-state index contributed by atoms with van der Waals surface area (Å²) in [5.74, 6) is 1.07. The number of nitrogens with one attached hydrogen (secondary N) is 2. The van der Waals surface area contributed by atoms with Crippen molar-refractivity contribution in [3.8, 4) is 0 Å². The average Bonchev–Trinajstić information content (AvgIpc) is 2.89. The minimum absolute atomic E-state index is 0.215. The Morgan fingerprint density at radius 1 is 1.32 bits per heavy atom. The quantitative estimate of drug-likeness (QED) is 0.859. The summed E-state index contributed by atoms with van der Waals surface area (Å²) in [6.45, 7) is 2.32. The summed E-state index contributed by atoms with van der Waals surface area (Å²) < 4.78 is 4.91. The first-order valence-corrected chi connectivity index (χ1v) is 7.23. The van der Waals surface area contributed by atoms with Gasteiger partial charge < -0.3 is 14.7 Å². The molecule has 0 saturated carbocycles. The summed E-state index contributed by atoms with van der Waals surface area (Å²) in [6, 6.07) is 11.8. The lowest BCUT2D eigenvalue weighted by molar-refractivity contribution is 0.242. The third-order valence-electron chi connectivity index (χ3n) is 3.41. The van der Waals surface area contributed by atoms with Crippen molar-refractivity contribution < 1.29 is 9.32 Å². The van der Waals surface area contributed by atoms with Gasteiger partial charge in [-0.05, 0) is 33.0 Å². The lowest BCUT2D eigenvalue weighted by Gasteiger charge is -2.24. The molecule has 2 rings (SSSR count). The zero-order valence-corrected chi connectivity index (χ0v) is 13.2. The van der Waals surface area contributed by atoms with E-state index >= 15 is 0 Å². The number of hydrogen-bond donors (Lipinski definition) is 2. The lowest BCUT2D eigenvalue weighted by Crippen LogP contribution is -2.43. The Labute approximate surface area is 130 Å². The van der Waals surface area contributed by atoms with Crippen LogP contribution in [-0.2, 0) is 6.42 Å². The van der Waals surface area contributed by atoms with Crippen LogP contribution in [0.25, 0.3) is 0 Å². The second-order valence-electron chi connectivity index (χ2n) is 5.46. The van der Waals surface area contributed by atoms with Crippen LogP contribution in [0.5, 0.6) is 0 Å². The summed E-state index contributed by atoms with van der Waals surface area (Å²) in [6.07, 6.45) is 0.872. The molecule has 6 heteroatoms. The van der Waals surface area contributed by atoms with Crippen molar-refractivity contribution in [1.29, 1.82) is 0 Å². The second kappa shape index (κ2) is 7.61. The van der Waals surface area contributed by atoms with E-state index in [9.17, 15) is 4.79 Å². The van der Waals surface area contributed by atoms with Crippen molar-refractivity contribution >= 4 is 11.8 Å². The van der Waals surface area contributed by atoms with Gasteiger partial charge in [0.15, 0.2) is 5.82 Å². The van der Waals surface area contributed by atoms with Gasteiger partial charge in [0, 0.05) is 18.7 Å². The van der Waals surface area contributed by atoms with Crippen molar-refractivity contribution in [2.45, 2.75) is 19.4 Å². The number of amides is 2. The average molecular weight is 302 g/mol. The molecule has 0 bridgehead atoms. The molecule has 0 aliphatic rings. The normalized spacial score (nSPS) is 12.2. The van der Waals surface area contributed by atoms with Crippen LogP contribution in [0.2, 0.25) is 0 Å². The molecule has 0 saturated heterocycles. The van der Waals surface area contributed by atoms with Crippen molar-refractivity contribution in [1.82, 2.24) is 15.4 Å². The number of benzene rings is 1. The molecule has 1 atom stereocenters. The van der Waals surface area contributed by atoms with E-state index < -0.39 is 0 Å². The number of hydrogen-bond acceptors (Lipinski definition) is 4. The maximum atomic E-state index is 11.9. The molecule has 1 aromatic carbocycles. The van der Waals surface area contributed by atoms with E-state index in [1.165, 1.54) is 5.56 Å². The number of rotatable bonds is 6. The van der Waals surface area contributed by atoms with E-state index in [-0.39, 0.29) is 12.1 Å². The van der Waals surface area contributed by atoms with Crippen LogP contribution in [0.3, 0.4) is 0 Å². The van der Waals surface area contributed by atoms with Gasteiger partial charge in [-0.1, -0.05) is 35.5 Å². The highest BCUT2D eigenvalue weighted by atomic mass is 16.5. The Bertz CT molecular complexity index is 595. The van der Waals surface area contributed by atoms with Crippen LogP contribution in [0, 0.1) is 6.92 Å². The summed E-state index contributed by atoms with van der Waals surface area (Å²) in [5, 5.41) is 9.24. The molecule has 0 spiro atoms. The highest BCUT2D eigenvalue weighted by molar-refractivity contribution is 5.88. The summed E-state index contributed by atoms with van der Waals surface area (Å²) in [5.41, 5.74) is 1.25. The largest absolute Gasteiger partial charge is 0.360 e. The van der Waals surface area contributed by atoms with Gasteiger partial charge in [0.2, 0.25) is 0 Å². The summed E-state index contributed by atoms with van der Waals surface area (Å²) in [4.78, 5) is 14.0. The molecule has 2 aromatic rings. The maximum Gasteiger partial charge on any atom is 0.320 e. The van der Waals surface area contributed by atoms with Crippen LogP contribution in [0.1, 0.15) is 11.3 Å². The van der Waals surface area contributed by atoms with Crippen LogP contribution < -0.4 is 10.6 Å². The molecular formula is C16H22N4O2. The first kappa shape index (κ1) is 16.0. The molecule has 0 fully saturated rings. The highest BCUT2D eigenvalue weighted by Gasteiger charge is 2.14. The van der Waals surface area contributed by atoms with E-state index in [1.54, 1.807) is 13.0 Å². The number of likely N-dealkylation sites (N-methyl/N-ethyl adjacent to an activating group) is 1. The number of nitrogens with zero attached hydrogens (tertiary/aromatic N) is 2. The van der Waals surface area contributed by atoms with Crippen LogP contribution in [0.15, 0.2) is 40.9 Å². The molecule has 1 aromatic heterocycles. The summed E-state index contributed by atoms with van der Waals surface area (Å²) >= 11 is 0. The van der Waals surface area contributed by atoms with Gasteiger partial charge in [-0.25, -0.2) is 4.79 Å². The monoisotopic (exact) mass is 302 g/mol. The fourth-order valence-electron chi connectivity index (χ4n) is 2.12. The van der Waals surface area contributed by atoms with E-state index in [1.807, 2.05) is 32.3 Å². The minimum atomic E-state index is -0.284. The highest BCUT2D eigenvalue weighted by Crippen LogP contribution is 2.08. The molecule has 22 heavy (non-hydrogen) atoms. The van der Waals surface area contributed by atoms with Gasteiger partial charge in [-0.15, -0.1) is 0 Å². The van der Waals surface area contributed by atoms with Crippen molar-refractivity contribution in [2.24, 2.45) is 0 Å². The van der Waals surface area contributed by atoms with Gasteiger partial charge in [0.1, 0.15) is 5.76 Å². The molecular weight excluding hydrogens is 280 g/mol. The molecule has 0 radical (unpaired) electrons. The number of anilines is 1. The van der Waals surface area contributed by atoms with Crippen LogP contribution >= 0.6 is 0 Å². The molecule has 6 nitrogen and oxygen atoms in total. The Kier molecular flexibility index (Phi) is 5.55. The van der Waals surface area contributed by atoms with Crippen LogP contribution in [-0.4, -0.2) is 42.8 Å². The smallest absolute Gasteiger partial charge is 0.320 e. The number of carbonyl (C=O) groups is 1. The fraction of sp³-hybridized carbons (Fsp3) is 0.375. The Morgan fingerprint density at radius 2 is 2.05 bits per heavy atom. The molecule has 1 unspecified atom stereocenters. The standard InChI is InChI=1S/C16H22N4O2/c1-12-9-15(19-22-12)18-16(21)17-11-14(20(2)3)10-13-7-5-4-6-8-13/h4-9,14H,10-11H2,1-3H3,(H2,17,18,19,21). The Morgan fingerprint density at radius 3 is 2.64 bits per heavy atom. The molecule has 0 aliphatic heterocycles. The fourth-order valence-corrected chi connectivity index (χ4v) is 2.12. The zero-order valence-electron chi connectivity index (χ0n) is 13.2. The Balaban J connectivity index is 1.84. The topological polar surface area (TPSA) is 70.4 Å². The molecule has 2 amide bonds. The van der Waals surface area contributed by atoms with Gasteiger partial charge in [-0.3, -0.25) is 5.32 Å². The van der Waals surface area contributed by atoms with Gasteiger partial charge >= 0.3 is 6.03 Å². The molecule has 0 aliphatic carbocycles. The maximum absolute atomic E-state index is 11.9. The first-order chi connectivity index (χ1) is 10.5. The lowest BCUT2D eigenvalue weighted by atomic mass is 10.1. The number of urea groups is 1. The Hall–Kier alpha value is -2.34. The van der Waals surface area contributed by atoms with E-state index in [0.29, 0.717) is 18.1 Å². The van der Waals surface area contributed by atoms with Crippen molar-refractivity contribution in [3.63, 3.8) is 0 Å². The second-order valence-corrected chi connectivity index (χ2v) is 5.46. The molecule has 1 heterocycles.